The molecule has 2 rings (SSSR count). The predicted octanol–water partition coefficient (Wildman–Crippen LogP) is 2.74. The van der Waals surface area contributed by atoms with Gasteiger partial charge in [-0.05, 0) is 62.6 Å². The van der Waals surface area contributed by atoms with E-state index in [2.05, 4.69) is 31.0 Å². The lowest BCUT2D eigenvalue weighted by atomic mass is 9.75. The Kier molecular flexibility index (Phi) is 4.48. The Morgan fingerprint density at radius 1 is 1.06 bits per heavy atom. The molecule has 0 radical (unpaired) electrons. The third kappa shape index (κ3) is 4.59. The van der Waals surface area contributed by atoms with Gasteiger partial charge in [-0.1, -0.05) is 20.8 Å². The van der Waals surface area contributed by atoms with Gasteiger partial charge in [-0.25, -0.2) is 0 Å². The zero-order valence-electron chi connectivity index (χ0n) is 12.0. The van der Waals surface area contributed by atoms with Crippen molar-refractivity contribution in [2.75, 3.05) is 32.7 Å². The standard InChI is InChI=1S/C15H30N2/c1-15(2,3)14-6-9-17(10-7-14)11-8-16-12-13-4-5-13/h13-14,16H,4-12H2,1-3H3. The Morgan fingerprint density at radius 3 is 2.24 bits per heavy atom. The number of nitrogens with one attached hydrogen (secondary N) is 1. The Morgan fingerprint density at radius 2 is 1.71 bits per heavy atom. The number of piperidine rings is 1. The highest BCUT2D eigenvalue weighted by Gasteiger charge is 2.28. The third-order valence-corrected chi connectivity index (χ3v) is 4.55. The van der Waals surface area contributed by atoms with Crippen molar-refractivity contribution in [2.24, 2.45) is 17.3 Å². The lowest BCUT2D eigenvalue weighted by Gasteiger charge is -2.38. The van der Waals surface area contributed by atoms with Crippen LogP contribution in [-0.4, -0.2) is 37.6 Å². The molecule has 17 heavy (non-hydrogen) atoms. The van der Waals surface area contributed by atoms with Crippen LogP contribution in [0.5, 0.6) is 0 Å². The van der Waals surface area contributed by atoms with Crippen LogP contribution in [0, 0.1) is 17.3 Å². The van der Waals surface area contributed by atoms with Crippen molar-refractivity contribution in [2.45, 2.75) is 46.5 Å². The number of rotatable bonds is 5. The van der Waals surface area contributed by atoms with Gasteiger partial charge in [-0.15, -0.1) is 0 Å². The van der Waals surface area contributed by atoms with Crippen LogP contribution >= 0.6 is 0 Å². The van der Waals surface area contributed by atoms with Crippen LogP contribution in [0.2, 0.25) is 0 Å². The molecule has 0 aromatic heterocycles. The van der Waals surface area contributed by atoms with Crippen LogP contribution in [0.4, 0.5) is 0 Å². The molecule has 1 saturated carbocycles. The second kappa shape index (κ2) is 5.71. The summed E-state index contributed by atoms with van der Waals surface area (Å²) in [6, 6.07) is 0. The second-order valence-corrected chi connectivity index (χ2v) is 7.13. The average molecular weight is 238 g/mol. The molecule has 0 amide bonds. The average Bonchev–Trinajstić information content (AvgIpc) is 3.08. The summed E-state index contributed by atoms with van der Waals surface area (Å²) in [6.45, 7) is 13.5. The van der Waals surface area contributed by atoms with E-state index in [1.807, 2.05) is 0 Å². The van der Waals surface area contributed by atoms with Gasteiger partial charge in [0.1, 0.15) is 0 Å². The molecular formula is C15H30N2. The summed E-state index contributed by atoms with van der Waals surface area (Å²) in [5.41, 5.74) is 0.510. The van der Waals surface area contributed by atoms with E-state index in [0.717, 1.165) is 11.8 Å². The minimum Gasteiger partial charge on any atom is -0.315 e. The fourth-order valence-corrected chi connectivity index (χ4v) is 2.89. The molecule has 2 heteroatoms. The van der Waals surface area contributed by atoms with Crippen molar-refractivity contribution in [1.29, 1.82) is 0 Å². The van der Waals surface area contributed by atoms with Crippen LogP contribution in [-0.2, 0) is 0 Å². The molecule has 0 bridgehead atoms. The lowest BCUT2D eigenvalue weighted by Crippen LogP contribution is -2.41. The Labute approximate surface area is 107 Å². The number of hydrogen-bond acceptors (Lipinski definition) is 2. The van der Waals surface area contributed by atoms with Crippen molar-refractivity contribution in [1.82, 2.24) is 10.2 Å². The van der Waals surface area contributed by atoms with Crippen molar-refractivity contribution in [3.05, 3.63) is 0 Å². The van der Waals surface area contributed by atoms with Gasteiger partial charge in [-0.3, -0.25) is 0 Å². The molecule has 1 aliphatic heterocycles. The molecule has 0 aromatic rings. The molecule has 2 nitrogen and oxygen atoms in total. The van der Waals surface area contributed by atoms with E-state index in [9.17, 15) is 0 Å². The summed E-state index contributed by atoms with van der Waals surface area (Å²) in [5.74, 6) is 1.94. The van der Waals surface area contributed by atoms with E-state index in [1.165, 1.54) is 58.4 Å². The number of hydrogen-bond donors (Lipinski definition) is 1. The van der Waals surface area contributed by atoms with Crippen molar-refractivity contribution < 1.29 is 0 Å². The highest BCUT2D eigenvalue weighted by molar-refractivity contribution is 4.81. The van der Waals surface area contributed by atoms with Gasteiger partial charge in [0.2, 0.25) is 0 Å². The maximum atomic E-state index is 3.59. The molecule has 2 fully saturated rings. The SMILES string of the molecule is CC(C)(C)C1CCN(CCNCC2CC2)CC1. The zero-order valence-corrected chi connectivity index (χ0v) is 12.0. The van der Waals surface area contributed by atoms with Crippen LogP contribution in [0.1, 0.15) is 46.5 Å². The van der Waals surface area contributed by atoms with Gasteiger partial charge in [0.25, 0.3) is 0 Å². The van der Waals surface area contributed by atoms with E-state index in [-0.39, 0.29) is 0 Å². The Bertz CT molecular complexity index is 220. The highest BCUT2D eigenvalue weighted by Crippen LogP contribution is 2.34. The van der Waals surface area contributed by atoms with Gasteiger partial charge >= 0.3 is 0 Å². The molecule has 0 aromatic carbocycles. The maximum Gasteiger partial charge on any atom is 0.0107 e. The summed E-state index contributed by atoms with van der Waals surface area (Å²) in [5, 5.41) is 3.59. The van der Waals surface area contributed by atoms with Crippen LogP contribution in [0.25, 0.3) is 0 Å². The quantitative estimate of drug-likeness (QED) is 0.741. The molecule has 1 heterocycles. The van der Waals surface area contributed by atoms with Gasteiger partial charge in [0.15, 0.2) is 0 Å². The molecule has 0 spiro atoms. The maximum absolute atomic E-state index is 3.59. The first-order valence-corrected chi connectivity index (χ1v) is 7.49. The van der Waals surface area contributed by atoms with Crippen LogP contribution in [0.15, 0.2) is 0 Å². The summed E-state index contributed by atoms with van der Waals surface area (Å²) in [4.78, 5) is 2.64. The molecule has 0 unspecified atom stereocenters. The van der Waals surface area contributed by atoms with Crippen LogP contribution < -0.4 is 5.32 Å². The molecule has 2 aliphatic rings. The predicted molar refractivity (Wildman–Crippen MR) is 74.2 cm³/mol. The van der Waals surface area contributed by atoms with Crippen LogP contribution in [0.3, 0.4) is 0 Å². The van der Waals surface area contributed by atoms with Crippen molar-refractivity contribution in [3.63, 3.8) is 0 Å². The van der Waals surface area contributed by atoms with Gasteiger partial charge in [0.05, 0.1) is 0 Å². The van der Waals surface area contributed by atoms with Crippen molar-refractivity contribution >= 4 is 0 Å². The smallest absolute Gasteiger partial charge is 0.0107 e. The first kappa shape index (κ1) is 13.4. The van der Waals surface area contributed by atoms with E-state index < -0.39 is 0 Å². The molecule has 1 N–H and O–H groups in total. The summed E-state index contributed by atoms with van der Waals surface area (Å²) in [7, 11) is 0. The topological polar surface area (TPSA) is 15.3 Å². The summed E-state index contributed by atoms with van der Waals surface area (Å²) < 4.78 is 0. The number of likely N-dealkylation sites (tertiary alicyclic amines) is 1. The summed E-state index contributed by atoms with van der Waals surface area (Å²) in [6.07, 6.45) is 5.71. The first-order valence-electron chi connectivity index (χ1n) is 7.49. The molecule has 1 aliphatic carbocycles. The van der Waals surface area contributed by atoms with Gasteiger partial charge < -0.3 is 10.2 Å². The second-order valence-electron chi connectivity index (χ2n) is 7.13. The fourth-order valence-electron chi connectivity index (χ4n) is 2.89. The monoisotopic (exact) mass is 238 g/mol. The van der Waals surface area contributed by atoms with Crippen molar-refractivity contribution in [3.8, 4) is 0 Å². The Balaban J connectivity index is 1.55. The van der Waals surface area contributed by atoms with E-state index in [1.54, 1.807) is 0 Å². The molecule has 1 saturated heterocycles. The first-order chi connectivity index (χ1) is 8.05. The normalized spacial score (nSPS) is 24.2. The Hall–Kier alpha value is -0.0800. The molecule has 100 valence electrons. The summed E-state index contributed by atoms with van der Waals surface area (Å²) >= 11 is 0. The van der Waals surface area contributed by atoms with E-state index in [0.29, 0.717) is 5.41 Å². The molecule has 0 atom stereocenters. The fraction of sp³-hybridized carbons (Fsp3) is 1.00. The zero-order chi connectivity index (χ0) is 12.3. The van der Waals surface area contributed by atoms with E-state index in [4.69, 9.17) is 0 Å². The molecular weight excluding hydrogens is 208 g/mol. The van der Waals surface area contributed by atoms with Gasteiger partial charge in [-0.2, -0.15) is 0 Å². The largest absolute Gasteiger partial charge is 0.315 e. The minimum absolute atomic E-state index is 0.510. The van der Waals surface area contributed by atoms with E-state index >= 15 is 0 Å². The van der Waals surface area contributed by atoms with Gasteiger partial charge in [0, 0.05) is 13.1 Å². The highest BCUT2D eigenvalue weighted by atomic mass is 15.1. The lowest BCUT2D eigenvalue weighted by molar-refractivity contribution is 0.113. The third-order valence-electron chi connectivity index (χ3n) is 4.55. The number of nitrogens with zero attached hydrogens (tertiary/aromatic N) is 1. The minimum atomic E-state index is 0.510.